The molecule has 0 heterocycles. The Morgan fingerprint density at radius 1 is 1.42 bits per heavy atom. The van der Waals surface area contributed by atoms with Gasteiger partial charge in [0.05, 0.1) is 0 Å². The number of amides is 1. The molecule has 0 radical (unpaired) electrons. The predicted molar refractivity (Wildman–Crippen MR) is 49.3 cm³/mol. The minimum absolute atomic E-state index is 0.0844. The Hall–Kier alpha value is -1.44. The lowest BCUT2D eigenvalue weighted by atomic mass is 10.2. The Morgan fingerprint density at radius 2 is 2.08 bits per heavy atom. The van der Waals surface area contributed by atoms with Gasteiger partial charge in [-0.25, -0.2) is 4.99 Å². The van der Waals surface area contributed by atoms with Crippen LogP contribution in [0.2, 0.25) is 0 Å². The number of carbonyl (C=O) groups excluding carboxylic acids is 1. The summed E-state index contributed by atoms with van der Waals surface area (Å²) in [7, 11) is 0. The van der Waals surface area contributed by atoms with Crippen LogP contribution in [0.5, 0.6) is 0 Å². The second kappa shape index (κ2) is 4.44. The van der Waals surface area contributed by atoms with Crippen molar-refractivity contribution >= 4 is 12.1 Å². The largest absolute Gasteiger partial charge is 0.273 e. The lowest BCUT2D eigenvalue weighted by molar-refractivity contribution is -0.117. The highest BCUT2D eigenvalue weighted by molar-refractivity contribution is 5.91. The first-order valence-corrected chi connectivity index (χ1v) is 3.95. The summed E-state index contributed by atoms with van der Waals surface area (Å²) in [6.07, 6.45) is 2.05. The van der Waals surface area contributed by atoms with Crippen LogP contribution in [0.3, 0.4) is 0 Å². The fourth-order valence-electron chi connectivity index (χ4n) is 0.777. The van der Waals surface area contributed by atoms with Gasteiger partial charge >= 0.3 is 0 Å². The molecule has 0 fully saturated rings. The van der Waals surface area contributed by atoms with Gasteiger partial charge < -0.3 is 0 Å². The van der Waals surface area contributed by atoms with Gasteiger partial charge in [-0.15, -0.1) is 0 Å². The maximum Gasteiger partial charge on any atom is 0.245 e. The van der Waals surface area contributed by atoms with Crippen LogP contribution in [0.25, 0.3) is 0 Å². The smallest absolute Gasteiger partial charge is 0.245 e. The van der Waals surface area contributed by atoms with E-state index in [2.05, 4.69) is 4.99 Å². The molecule has 2 heteroatoms. The van der Waals surface area contributed by atoms with Crippen molar-refractivity contribution in [3.63, 3.8) is 0 Å². The van der Waals surface area contributed by atoms with Gasteiger partial charge in [0.25, 0.3) is 0 Å². The summed E-state index contributed by atoms with van der Waals surface area (Å²) in [5.41, 5.74) is 0.958. The van der Waals surface area contributed by atoms with Gasteiger partial charge in [0.2, 0.25) is 5.91 Å². The molecule has 0 bridgehead atoms. The average molecular weight is 161 g/mol. The Morgan fingerprint density at radius 3 is 2.67 bits per heavy atom. The van der Waals surface area contributed by atoms with Crippen LogP contribution in [0.1, 0.15) is 18.9 Å². The van der Waals surface area contributed by atoms with E-state index in [-0.39, 0.29) is 5.91 Å². The number of benzene rings is 1. The molecular formula is C10H11NO. The van der Waals surface area contributed by atoms with Crippen LogP contribution < -0.4 is 0 Å². The van der Waals surface area contributed by atoms with E-state index in [1.165, 1.54) is 0 Å². The first-order chi connectivity index (χ1) is 5.83. The molecule has 62 valence electrons. The van der Waals surface area contributed by atoms with Crippen molar-refractivity contribution in [3.05, 3.63) is 35.9 Å². The van der Waals surface area contributed by atoms with Crippen LogP contribution in [-0.4, -0.2) is 12.1 Å². The first-order valence-electron chi connectivity index (χ1n) is 3.95. The normalized spacial score (nSPS) is 10.4. The summed E-state index contributed by atoms with van der Waals surface area (Å²) in [6, 6.07) is 9.58. The summed E-state index contributed by atoms with van der Waals surface area (Å²) in [6.45, 7) is 1.80. The van der Waals surface area contributed by atoms with E-state index in [0.29, 0.717) is 6.42 Å². The van der Waals surface area contributed by atoms with Crippen molar-refractivity contribution in [1.82, 2.24) is 0 Å². The fourth-order valence-corrected chi connectivity index (χ4v) is 0.777. The zero-order valence-corrected chi connectivity index (χ0v) is 7.03. The molecule has 1 rings (SSSR count). The lowest BCUT2D eigenvalue weighted by Crippen LogP contribution is -1.90. The lowest BCUT2D eigenvalue weighted by Gasteiger charge is -1.89. The molecule has 0 aliphatic rings. The van der Waals surface area contributed by atoms with Crippen LogP contribution in [0.4, 0.5) is 0 Å². The molecular weight excluding hydrogens is 150 g/mol. The maximum atomic E-state index is 10.8. The average Bonchev–Trinajstić information content (AvgIpc) is 2.16. The predicted octanol–water partition coefficient (Wildman–Crippen LogP) is 2.04. The standard InChI is InChI=1S/C10H11NO/c1-2-10(12)11-8-9-6-4-3-5-7-9/h3-8H,2H2,1H3/b11-8+. The van der Waals surface area contributed by atoms with Gasteiger partial charge in [0.1, 0.15) is 0 Å². The molecule has 1 aromatic carbocycles. The summed E-state index contributed by atoms with van der Waals surface area (Å²) in [4.78, 5) is 14.5. The van der Waals surface area contributed by atoms with Gasteiger partial charge in [-0.1, -0.05) is 37.3 Å². The van der Waals surface area contributed by atoms with E-state index in [0.717, 1.165) is 5.56 Å². The van der Waals surface area contributed by atoms with Crippen LogP contribution in [0.15, 0.2) is 35.3 Å². The Balaban J connectivity index is 2.64. The Labute approximate surface area is 71.9 Å². The monoisotopic (exact) mass is 161 g/mol. The van der Waals surface area contributed by atoms with E-state index >= 15 is 0 Å². The minimum atomic E-state index is -0.0844. The molecule has 0 aromatic heterocycles. The minimum Gasteiger partial charge on any atom is -0.273 e. The van der Waals surface area contributed by atoms with Gasteiger partial charge in [-0.3, -0.25) is 4.79 Å². The zero-order chi connectivity index (χ0) is 8.81. The van der Waals surface area contributed by atoms with Gasteiger partial charge in [-0.2, -0.15) is 0 Å². The second-order valence-corrected chi connectivity index (χ2v) is 2.42. The molecule has 2 nitrogen and oxygen atoms in total. The topological polar surface area (TPSA) is 29.4 Å². The van der Waals surface area contributed by atoms with Crippen molar-refractivity contribution in [2.75, 3.05) is 0 Å². The molecule has 12 heavy (non-hydrogen) atoms. The fraction of sp³-hybridized carbons (Fsp3) is 0.200. The van der Waals surface area contributed by atoms with E-state index in [4.69, 9.17) is 0 Å². The summed E-state index contributed by atoms with van der Waals surface area (Å²) >= 11 is 0. The molecule has 0 N–H and O–H groups in total. The van der Waals surface area contributed by atoms with Crippen LogP contribution in [-0.2, 0) is 4.79 Å². The third kappa shape index (κ3) is 2.66. The quantitative estimate of drug-likeness (QED) is 0.610. The maximum absolute atomic E-state index is 10.8. The van der Waals surface area contributed by atoms with Gasteiger partial charge in [-0.05, 0) is 5.56 Å². The number of rotatable bonds is 2. The van der Waals surface area contributed by atoms with Crippen molar-refractivity contribution in [3.8, 4) is 0 Å². The molecule has 1 amide bonds. The highest BCUT2D eigenvalue weighted by Crippen LogP contribution is 1.94. The number of hydrogen-bond acceptors (Lipinski definition) is 1. The molecule has 0 aliphatic heterocycles. The number of hydrogen-bond donors (Lipinski definition) is 0. The summed E-state index contributed by atoms with van der Waals surface area (Å²) < 4.78 is 0. The van der Waals surface area contributed by atoms with Crippen LogP contribution in [0, 0.1) is 0 Å². The van der Waals surface area contributed by atoms with Gasteiger partial charge in [0, 0.05) is 12.6 Å². The van der Waals surface area contributed by atoms with Crippen molar-refractivity contribution in [1.29, 1.82) is 0 Å². The molecule has 0 unspecified atom stereocenters. The third-order valence-electron chi connectivity index (χ3n) is 1.46. The van der Waals surface area contributed by atoms with E-state index in [1.54, 1.807) is 13.1 Å². The summed E-state index contributed by atoms with van der Waals surface area (Å²) in [5, 5.41) is 0. The Kier molecular flexibility index (Phi) is 3.20. The molecule has 0 spiro atoms. The molecule has 0 saturated heterocycles. The van der Waals surface area contributed by atoms with E-state index in [9.17, 15) is 4.79 Å². The molecule has 0 aliphatic carbocycles. The van der Waals surface area contributed by atoms with Crippen LogP contribution >= 0.6 is 0 Å². The van der Waals surface area contributed by atoms with Crippen molar-refractivity contribution < 1.29 is 4.79 Å². The van der Waals surface area contributed by atoms with Crippen molar-refractivity contribution in [2.45, 2.75) is 13.3 Å². The zero-order valence-electron chi connectivity index (χ0n) is 7.03. The first kappa shape index (κ1) is 8.65. The number of carbonyl (C=O) groups is 1. The SMILES string of the molecule is CCC(=O)/N=C/c1ccccc1. The Bertz CT molecular complexity index is 277. The van der Waals surface area contributed by atoms with Gasteiger partial charge in [0.15, 0.2) is 0 Å². The highest BCUT2D eigenvalue weighted by atomic mass is 16.1. The highest BCUT2D eigenvalue weighted by Gasteiger charge is 1.90. The third-order valence-corrected chi connectivity index (χ3v) is 1.46. The second-order valence-electron chi connectivity index (χ2n) is 2.42. The van der Waals surface area contributed by atoms with Crippen molar-refractivity contribution in [2.24, 2.45) is 4.99 Å². The van der Waals surface area contributed by atoms with E-state index < -0.39 is 0 Å². The summed E-state index contributed by atoms with van der Waals surface area (Å²) in [5.74, 6) is -0.0844. The number of nitrogens with zero attached hydrogens (tertiary/aromatic N) is 1. The molecule has 1 aromatic rings. The number of aliphatic imine (C=N–C) groups is 1. The molecule has 0 atom stereocenters. The molecule has 0 saturated carbocycles. The van der Waals surface area contributed by atoms with E-state index in [1.807, 2.05) is 30.3 Å².